The van der Waals surface area contributed by atoms with E-state index >= 15 is 0 Å². The number of rotatable bonds is 7. The summed E-state index contributed by atoms with van der Waals surface area (Å²) in [6, 6.07) is 16.5. The number of para-hydroxylation sites is 1. The molecule has 1 aliphatic heterocycles. The van der Waals surface area contributed by atoms with Gasteiger partial charge in [-0.3, -0.25) is 9.69 Å². The molecule has 0 aromatic heterocycles. The summed E-state index contributed by atoms with van der Waals surface area (Å²) in [5.41, 5.74) is 3.83. The zero-order chi connectivity index (χ0) is 19.9. The van der Waals surface area contributed by atoms with Crippen LogP contribution in [-0.2, 0) is 11.3 Å². The van der Waals surface area contributed by atoms with Gasteiger partial charge in [-0.05, 0) is 69.5 Å². The fourth-order valence-corrected chi connectivity index (χ4v) is 3.72. The van der Waals surface area contributed by atoms with Gasteiger partial charge >= 0.3 is 0 Å². The minimum atomic E-state index is -0.00268. The lowest BCUT2D eigenvalue weighted by molar-refractivity contribution is -0.127. The van der Waals surface area contributed by atoms with Crippen LogP contribution < -0.4 is 10.1 Å². The lowest BCUT2D eigenvalue weighted by Gasteiger charge is -2.32. The molecule has 1 saturated heterocycles. The molecule has 4 nitrogen and oxygen atoms in total. The number of hydrogen-bond acceptors (Lipinski definition) is 3. The number of nitrogens with one attached hydrogen (secondary N) is 1. The SMILES string of the molecule is Cc1ccccc1CN1CCC(C(=O)N[C@H](C)COc2ccccc2C)CC1. The molecule has 3 rings (SSSR count). The van der Waals surface area contributed by atoms with Crippen LogP contribution in [-0.4, -0.2) is 36.5 Å². The molecular weight excluding hydrogens is 348 g/mol. The van der Waals surface area contributed by atoms with E-state index in [1.807, 2.05) is 38.1 Å². The van der Waals surface area contributed by atoms with Crippen molar-refractivity contribution in [3.8, 4) is 5.75 Å². The third-order valence-electron chi connectivity index (χ3n) is 5.58. The molecule has 0 saturated carbocycles. The molecule has 1 heterocycles. The van der Waals surface area contributed by atoms with E-state index in [1.54, 1.807) is 0 Å². The highest BCUT2D eigenvalue weighted by molar-refractivity contribution is 5.79. The molecule has 0 unspecified atom stereocenters. The first-order chi connectivity index (χ1) is 13.5. The van der Waals surface area contributed by atoms with Crippen LogP contribution in [0.1, 0.15) is 36.5 Å². The van der Waals surface area contributed by atoms with Crippen molar-refractivity contribution >= 4 is 5.91 Å². The van der Waals surface area contributed by atoms with Crippen LogP contribution >= 0.6 is 0 Å². The third-order valence-corrected chi connectivity index (χ3v) is 5.58. The molecule has 150 valence electrons. The minimum Gasteiger partial charge on any atom is -0.491 e. The van der Waals surface area contributed by atoms with Crippen molar-refractivity contribution in [1.82, 2.24) is 10.2 Å². The van der Waals surface area contributed by atoms with Gasteiger partial charge in [0, 0.05) is 12.5 Å². The van der Waals surface area contributed by atoms with E-state index in [0.717, 1.165) is 43.8 Å². The topological polar surface area (TPSA) is 41.6 Å². The first-order valence-corrected chi connectivity index (χ1v) is 10.3. The standard InChI is InChI=1S/C24H32N2O2/c1-18-8-4-6-10-22(18)16-26-14-12-21(13-15-26)24(27)25-20(3)17-28-23-11-7-5-9-19(23)2/h4-11,20-21H,12-17H2,1-3H3,(H,25,27)/t20-/m1/s1. The summed E-state index contributed by atoms with van der Waals surface area (Å²) in [4.78, 5) is 15.1. The van der Waals surface area contributed by atoms with Gasteiger partial charge in [0.1, 0.15) is 12.4 Å². The normalized spacial score (nSPS) is 16.5. The number of carbonyl (C=O) groups excluding carboxylic acids is 1. The van der Waals surface area contributed by atoms with Gasteiger partial charge in [-0.2, -0.15) is 0 Å². The fourth-order valence-electron chi connectivity index (χ4n) is 3.72. The Balaban J connectivity index is 1.41. The highest BCUT2D eigenvalue weighted by Gasteiger charge is 2.26. The summed E-state index contributed by atoms with van der Waals surface area (Å²) in [6.45, 7) is 9.61. The first kappa shape index (κ1) is 20.4. The van der Waals surface area contributed by atoms with Gasteiger partial charge in [-0.15, -0.1) is 0 Å². The summed E-state index contributed by atoms with van der Waals surface area (Å²) in [5.74, 6) is 1.15. The second-order valence-electron chi connectivity index (χ2n) is 7.96. The smallest absolute Gasteiger partial charge is 0.223 e. The molecule has 28 heavy (non-hydrogen) atoms. The molecule has 1 aliphatic rings. The minimum absolute atomic E-state index is 0.00268. The lowest BCUT2D eigenvalue weighted by Crippen LogP contribution is -2.44. The van der Waals surface area contributed by atoms with E-state index < -0.39 is 0 Å². The number of aryl methyl sites for hydroxylation is 2. The van der Waals surface area contributed by atoms with E-state index in [-0.39, 0.29) is 17.9 Å². The number of amides is 1. The maximum absolute atomic E-state index is 12.6. The number of benzene rings is 2. The van der Waals surface area contributed by atoms with Crippen molar-refractivity contribution < 1.29 is 9.53 Å². The van der Waals surface area contributed by atoms with Crippen molar-refractivity contribution in [2.75, 3.05) is 19.7 Å². The Labute approximate surface area is 168 Å². The highest BCUT2D eigenvalue weighted by atomic mass is 16.5. The van der Waals surface area contributed by atoms with Crippen LogP contribution in [0, 0.1) is 19.8 Å². The zero-order valence-electron chi connectivity index (χ0n) is 17.3. The molecule has 1 amide bonds. The maximum Gasteiger partial charge on any atom is 0.223 e. The van der Waals surface area contributed by atoms with Gasteiger partial charge < -0.3 is 10.1 Å². The van der Waals surface area contributed by atoms with Crippen LogP contribution in [0.3, 0.4) is 0 Å². The van der Waals surface area contributed by atoms with Crippen LogP contribution in [0.25, 0.3) is 0 Å². The highest BCUT2D eigenvalue weighted by Crippen LogP contribution is 2.21. The Kier molecular flexibility index (Phi) is 7.10. The monoisotopic (exact) mass is 380 g/mol. The van der Waals surface area contributed by atoms with E-state index in [1.165, 1.54) is 11.1 Å². The average Bonchev–Trinajstić information content (AvgIpc) is 2.69. The van der Waals surface area contributed by atoms with Gasteiger partial charge in [0.2, 0.25) is 5.91 Å². The Morgan fingerprint density at radius 2 is 1.71 bits per heavy atom. The van der Waals surface area contributed by atoms with Gasteiger partial charge in [0.25, 0.3) is 0 Å². The number of piperidine rings is 1. The zero-order valence-corrected chi connectivity index (χ0v) is 17.3. The van der Waals surface area contributed by atoms with Gasteiger partial charge in [-0.1, -0.05) is 42.5 Å². The number of likely N-dealkylation sites (tertiary alicyclic amines) is 1. The molecule has 4 heteroatoms. The van der Waals surface area contributed by atoms with E-state index in [9.17, 15) is 4.79 Å². The van der Waals surface area contributed by atoms with Gasteiger partial charge in [-0.25, -0.2) is 0 Å². The Morgan fingerprint density at radius 3 is 2.39 bits per heavy atom. The van der Waals surface area contributed by atoms with Crippen molar-refractivity contribution in [1.29, 1.82) is 0 Å². The van der Waals surface area contributed by atoms with E-state index in [4.69, 9.17) is 4.74 Å². The van der Waals surface area contributed by atoms with Crippen molar-refractivity contribution in [2.24, 2.45) is 5.92 Å². The number of nitrogens with zero attached hydrogens (tertiary/aromatic N) is 1. The lowest BCUT2D eigenvalue weighted by atomic mass is 9.95. The molecule has 0 aliphatic carbocycles. The first-order valence-electron chi connectivity index (χ1n) is 10.3. The largest absolute Gasteiger partial charge is 0.491 e. The summed E-state index contributed by atoms with van der Waals surface area (Å²) in [5, 5.41) is 3.13. The van der Waals surface area contributed by atoms with Crippen LogP contribution in [0.4, 0.5) is 0 Å². The fraction of sp³-hybridized carbons (Fsp3) is 0.458. The molecule has 2 aromatic carbocycles. The maximum atomic E-state index is 12.6. The molecule has 1 atom stereocenters. The summed E-state index contributed by atoms with van der Waals surface area (Å²) < 4.78 is 5.86. The average molecular weight is 381 g/mol. The summed E-state index contributed by atoms with van der Waals surface area (Å²) in [7, 11) is 0. The van der Waals surface area contributed by atoms with Crippen LogP contribution in [0.15, 0.2) is 48.5 Å². The Bertz CT molecular complexity index is 782. The molecule has 0 radical (unpaired) electrons. The van der Waals surface area contributed by atoms with E-state index in [2.05, 4.69) is 41.4 Å². The number of hydrogen-bond donors (Lipinski definition) is 1. The number of ether oxygens (including phenoxy) is 1. The van der Waals surface area contributed by atoms with Gasteiger partial charge in [0.05, 0.1) is 6.04 Å². The van der Waals surface area contributed by atoms with Crippen molar-refractivity contribution in [2.45, 2.75) is 46.2 Å². The van der Waals surface area contributed by atoms with Crippen molar-refractivity contribution in [3.05, 3.63) is 65.2 Å². The van der Waals surface area contributed by atoms with Crippen molar-refractivity contribution in [3.63, 3.8) is 0 Å². The Hall–Kier alpha value is -2.33. The predicted molar refractivity (Wildman–Crippen MR) is 113 cm³/mol. The molecule has 0 spiro atoms. The molecular formula is C24H32N2O2. The third kappa shape index (κ3) is 5.59. The van der Waals surface area contributed by atoms with Crippen LogP contribution in [0.5, 0.6) is 5.75 Å². The molecule has 0 bridgehead atoms. The summed E-state index contributed by atoms with van der Waals surface area (Å²) in [6.07, 6.45) is 1.84. The molecule has 1 fully saturated rings. The Morgan fingerprint density at radius 1 is 1.07 bits per heavy atom. The quantitative estimate of drug-likeness (QED) is 0.786. The molecule has 2 aromatic rings. The second kappa shape index (κ2) is 9.74. The second-order valence-corrected chi connectivity index (χ2v) is 7.96. The molecule has 1 N–H and O–H groups in total. The predicted octanol–water partition coefficient (Wildman–Crippen LogP) is 4.10. The van der Waals surface area contributed by atoms with Crippen LogP contribution in [0.2, 0.25) is 0 Å². The van der Waals surface area contributed by atoms with Gasteiger partial charge in [0.15, 0.2) is 0 Å². The van der Waals surface area contributed by atoms with E-state index in [0.29, 0.717) is 6.61 Å². The number of carbonyl (C=O) groups is 1. The summed E-state index contributed by atoms with van der Waals surface area (Å²) >= 11 is 0.